The van der Waals surface area contributed by atoms with E-state index in [4.69, 9.17) is 4.74 Å². The molecular formula is C44H77NO5. The molecule has 3 unspecified atom stereocenters. The first kappa shape index (κ1) is 47.6. The van der Waals surface area contributed by atoms with Crippen LogP contribution in [-0.2, 0) is 14.3 Å². The number of nitrogens with one attached hydrogen (secondary N) is 1. The van der Waals surface area contributed by atoms with Crippen molar-refractivity contribution in [2.24, 2.45) is 0 Å². The lowest BCUT2D eigenvalue weighted by molar-refractivity contribution is -0.151. The second-order valence-electron chi connectivity index (χ2n) is 13.8. The van der Waals surface area contributed by atoms with Gasteiger partial charge >= 0.3 is 5.97 Å². The fourth-order valence-electron chi connectivity index (χ4n) is 5.87. The summed E-state index contributed by atoms with van der Waals surface area (Å²) in [6.07, 6.45) is 44.3. The average Bonchev–Trinajstić information content (AvgIpc) is 3.10. The van der Waals surface area contributed by atoms with E-state index in [9.17, 15) is 19.8 Å². The lowest BCUT2D eigenvalue weighted by Crippen LogP contribution is -2.46. The Morgan fingerprint density at radius 1 is 0.600 bits per heavy atom. The summed E-state index contributed by atoms with van der Waals surface area (Å²) in [6, 6.07) is -0.712. The van der Waals surface area contributed by atoms with Crippen LogP contribution in [0.4, 0.5) is 0 Å². The molecule has 6 heteroatoms. The molecule has 0 radical (unpaired) electrons. The number of esters is 1. The summed E-state index contributed by atoms with van der Waals surface area (Å²) in [5.74, 6) is -0.570. The summed E-state index contributed by atoms with van der Waals surface area (Å²) >= 11 is 0. The van der Waals surface area contributed by atoms with Gasteiger partial charge in [0.2, 0.25) is 5.91 Å². The van der Waals surface area contributed by atoms with Crippen molar-refractivity contribution in [3.8, 4) is 0 Å². The highest BCUT2D eigenvalue weighted by Crippen LogP contribution is 2.17. The predicted molar refractivity (Wildman–Crippen MR) is 213 cm³/mol. The van der Waals surface area contributed by atoms with Gasteiger partial charge in [-0.2, -0.15) is 0 Å². The maximum Gasteiger partial charge on any atom is 0.306 e. The van der Waals surface area contributed by atoms with Crippen molar-refractivity contribution in [3.63, 3.8) is 0 Å². The molecule has 3 atom stereocenters. The van der Waals surface area contributed by atoms with Gasteiger partial charge in [-0.25, -0.2) is 0 Å². The van der Waals surface area contributed by atoms with Gasteiger partial charge in [0.15, 0.2) is 0 Å². The third kappa shape index (κ3) is 32.7. The van der Waals surface area contributed by atoms with Gasteiger partial charge in [-0.15, -0.1) is 0 Å². The summed E-state index contributed by atoms with van der Waals surface area (Å²) in [6.45, 7) is 6.25. The SMILES string of the molecule is CC/C=C/C=C/C=C\C=C/C=C/CCCC(=O)OC(CCCCCCCCCCC)CC(=O)NC(CO)C(O)CCCCCCCCCCC. The number of hydrogen-bond donors (Lipinski definition) is 3. The Kier molecular flexibility index (Phi) is 36.0. The number of allylic oxidation sites excluding steroid dienone is 10. The Morgan fingerprint density at radius 3 is 1.56 bits per heavy atom. The fourth-order valence-corrected chi connectivity index (χ4v) is 5.87. The Bertz CT molecular complexity index is 921. The standard InChI is InChI=1S/C44H77NO5/c1-4-7-10-13-16-19-20-21-22-25-28-31-34-37-44(49)50-40(35-32-29-26-23-17-14-11-8-5-2)38-43(48)45-41(39-46)42(47)36-33-30-27-24-18-15-12-9-6-3/h7,10,13,16,19-22,25,28,40-42,46-47H,4-6,8-9,11-12,14-15,17-18,23-24,26-27,29-39H2,1-3H3,(H,45,48)/b10-7+,16-13+,20-19-,22-21-,28-25+. The largest absolute Gasteiger partial charge is 0.462 e. The topological polar surface area (TPSA) is 95.9 Å². The van der Waals surface area contributed by atoms with Gasteiger partial charge in [-0.1, -0.05) is 191 Å². The number of rotatable bonds is 35. The van der Waals surface area contributed by atoms with Crippen LogP contribution in [-0.4, -0.2) is 46.9 Å². The van der Waals surface area contributed by atoms with E-state index in [0.717, 1.165) is 51.4 Å². The zero-order valence-electron chi connectivity index (χ0n) is 32.5. The minimum atomic E-state index is -0.796. The van der Waals surface area contributed by atoms with Crippen LogP contribution in [0.1, 0.15) is 181 Å². The van der Waals surface area contributed by atoms with E-state index < -0.39 is 18.2 Å². The van der Waals surface area contributed by atoms with Crippen LogP contribution in [0.25, 0.3) is 0 Å². The molecule has 0 saturated heterocycles. The van der Waals surface area contributed by atoms with Crippen molar-refractivity contribution in [2.45, 2.75) is 200 Å². The molecule has 50 heavy (non-hydrogen) atoms. The van der Waals surface area contributed by atoms with Gasteiger partial charge in [-0.05, 0) is 38.5 Å². The number of aliphatic hydroxyl groups excluding tert-OH is 2. The van der Waals surface area contributed by atoms with E-state index in [1.54, 1.807) is 0 Å². The molecule has 6 nitrogen and oxygen atoms in total. The first-order valence-corrected chi connectivity index (χ1v) is 20.6. The molecule has 0 heterocycles. The number of unbranched alkanes of at least 4 members (excludes halogenated alkanes) is 17. The molecular weight excluding hydrogens is 622 g/mol. The van der Waals surface area contributed by atoms with Gasteiger partial charge in [0.05, 0.1) is 25.2 Å². The Hall–Kier alpha value is -2.44. The highest BCUT2D eigenvalue weighted by Gasteiger charge is 2.24. The number of carbonyl (C=O) groups is 2. The minimum Gasteiger partial charge on any atom is -0.462 e. The highest BCUT2D eigenvalue weighted by molar-refractivity contribution is 5.77. The molecule has 0 aliphatic rings. The first-order valence-electron chi connectivity index (χ1n) is 20.6. The third-order valence-electron chi connectivity index (χ3n) is 8.99. The molecule has 0 aliphatic heterocycles. The molecule has 0 saturated carbocycles. The molecule has 3 N–H and O–H groups in total. The van der Waals surface area contributed by atoms with Crippen LogP contribution >= 0.6 is 0 Å². The van der Waals surface area contributed by atoms with Gasteiger partial charge in [0.1, 0.15) is 6.10 Å². The Balaban J connectivity index is 4.72. The molecule has 0 aromatic rings. The van der Waals surface area contributed by atoms with Gasteiger partial charge in [-0.3, -0.25) is 9.59 Å². The number of hydrogen-bond acceptors (Lipinski definition) is 5. The lowest BCUT2D eigenvalue weighted by Gasteiger charge is -2.24. The maximum absolute atomic E-state index is 13.0. The molecule has 1 amide bonds. The second kappa shape index (κ2) is 37.8. The van der Waals surface area contributed by atoms with Crippen LogP contribution < -0.4 is 5.32 Å². The molecule has 0 aromatic carbocycles. The summed E-state index contributed by atoms with van der Waals surface area (Å²) in [4.78, 5) is 25.8. The van der Waals surface area contributed by atoms with Crippen LogP contribution in [0.5, 0.6) is 0 Å². The average molecular weight is 700 g/mol. The first-order chi connectivity index (χ1) is 24.5. The van der Waals surface area contributed by atoms with Gasteiger partial charge < -0.3 is 20.3 Å². The summed E-state index contributed by atoms with van der Waals surface area (Å²) in [7, 11) is 0. The third-order valence-corrected chi connectivity index (χ3v) is 8.99. The fraction of sp³-hybridized carbons (Fsp3) is 0.727. The maximum atomic E-state index is 13.0. The molecule has 0 fully saturated rings. The quantitative estimate of drug-likeness (QED) is 0.0348. The van der Waals surface area contributed by atoms with Crippen LogP contribution in [0.2, 0.25) is 0 Å². The zero-order valence-corrected chi connectivity index (χ0v) is 32.5. The van der Waals surface area contributed by atoms with Crippen LogP contribution in [0.3, 0.4) is 0 Å². The Labute approximate surface area is 308 Å². The van der Waals surface area contributed by atoms with Crippen molar-refractivity contribution in [2.75, 3.05) is 6.61 Å². The van der Waals surface area contributed by atoms with E-state index in [1.807, 2.05) is 54.7 Å². The molecule has 0 spiro atoms. The smallest absolute Gasteiger partial charge is 0.306 e. The lowest BCUT2D eigenvalue weighted by atomic mass is 10.0. The molecule has 0 aliphatic carbocycles. The van der Waals surface area contributed by atoms with Crippen molar-refractivity contribution in [1.29, 1.82) is 0 Å². The van der Waals surface area contributed by atoms with Crippen molar-refractivity contribution < 1.29 is 24.5 Å². The molecule has 0 aromatic heterocycles. The highest BCUT2D eigenvalue weighted by atomic mass is 16.5. The number of aliphatic hydroxyl groups is 2. The van der Waals surface area contributed by atoms with Crippen molar-refractivity contribution in [3.05, 3.63) is 60.8 Å². The van der Waals surface area contributed by atoms with E-state index in [1.165, 1.54) is 77.0 Å². The normalized spacial score (nSPS) is 14.1. The van der Waals surface area contributed by atoms with Crippen molar-refractivity contribution >= 4 is 11.9 Å². The summed E-state index contributed by atoms with van der Waals surface area (Å²) in [5, 5.41) is 23.5. The predicted octanol–water partition coefficient (Wildman–Crippen LogP) is 11.3. The molecule has 288 valence electrons. The second-order valence-corrected chi connectivity index (χ2v) is 13.8. The number of carbonyl (C=O) groups excluding carboxylic acids is 2. The van der Waals surface area contributed by atoms with E-state index in [-0.39, 0.29) is 24.9 Å². The summed E-state index contributed by atoms with van der Waals surface area (Å²) in [5.41, 5.74) is 0. The van der Waals surface area contributed by atoms with Crippen LogP contribution in [0.15, 0.2) is 60.8 Å². The van der Waals surface area contributed by atoms with Gasteiger partial charge in [0.25, 0.3) is 0 Å². The van der Waals surface area contributed by atoms with E-state index >= 15 is 0 Å². The van der Waals surface area contributed by atoms with E-state index in [2.05, 4.69) is 32.2 Å². The van der Waals surface area contributed by atoms with Crippen molar-refractivity contribution in [1.82, 2.24) is 5.32 Å². The molecule has 0 rings (SSSR count). The monoisotopic (exact) mass is 700 g/mol. The number of amides is 1. The minimum absolute atomic E-state index is 0.0479. The summed E-state index contributed by atoms with van der Waals surface area (Å²) < 4.78 is 5.83. The van der Waals surface area contributed by atoms with E-state index in [0.29, 0.717) is 25.7 Å². The van der Waals surface area contributed by atoms with Gasteiger partial charge in [0, 0.05) is 6.42 Å². The number of ether oxygens (including phenoxy) is 1. The zero-order chi connectivity index (χ0) is 36.8. The Morgan fingerprint density at radius 2 is 1.06 bits per heavy atom. The molecule has 0 bridgehead atoms. The van der Waals surface area contributed by atoms with Crippen LogP contribution in [0, 0.1) is 0 Å².